The maximum absolute atomic E-state index is 11.0. The molecule has 0 bridgehead atoms. The van der Waals surface area contributed by atoms with Crippen LogP contribution in [0.4, 0.5) is 0 Å². The lowest BCUT2D eigenvalue weighted by Crippen LogP contribution is -2.05. The number of aromatic nitrogens is 1. The van der Waals surface area contributed by atoms with E-state index in [0.29, 0.717) is 16.1 Å². The van der Waals surface area contributed by atoms with E-state index in [4.69, 9.17) is 22.4 Å². The van der Waals surface area contributed by atoms with Gasteiger partial charge in [-0.2, -0.15) is 0 Å². The van der Waals surface area contributed by atoms with Crippen molar-refractivity contribution >= 4 is 28.5 Å². The molecule has 0 aliphatic rings. The van der Waals surface area contributed by atoms with Crippen LogP contribution < -0.4 is 5.73 Å². The summed E-state index contributed by atoms with van der Waals surface area (Å²) < 4.78 is 0. The molecule has 0 amide bonds. The van der Waals surface area contributed by atoms with Gasteiger partial charge in [0.15, 0.2) is 0 Å². The molecular weight excluding hydrogens is 228 g/mol. The summed E-state index contributed by atoms with van der Waals surface area (Å²) in [7, 11) is 0. The van der Waals surface area contributed by atoms with Gasteiger partial charge in [-0.3, -0.25) is 0 Å². The average Bonchev–Trinajstić information content (AvgIpc) is 2.57. The van der Waals surface area contributed by atoms with Crippen LogP contribution in [0.25, 0.3) is 10.9 Å². The van der Waals surface area contributed by atoms with Gasteiger partial charge in [0, 0.05) is 28.0 Å². The van der Waals surface area contributed by atoms with Crippen molar-refractivity contribution < 1.29 is 9.90 Å². The summed E-state index contributed by atoms with van der Waals surface area (Å²) in [5.74, 6) is -1.01. The summed E-state index contributed by atoms with van der Waals surface area (Å²) in [5.41, 5.74) is 7.93. The Kier molecular flexibility index (Phi) is 2.61. The number of fused-ring (bicyclic) bond motifs is 1. The summed E-state index contributed by atoms with van der Waals surface area (Å²) in [6, 6.07) is 3.57. The number of aryl methyl sites for hydroxylation is 1. The predicted molar refractivity (Wildman–Crippen MR) is 62.9 cm³/mol. The van der Waals surface area contributed by atoms with Crippen LogP contribution in [0.1, 0.15) is 21.6 Å². The first kappa shape index (κ1) is 11.0. The van der Waals surface area contributed by atoms with Crippen molar-refractivity contribution in [3.63, 3.8) is 0 Å². The zero-order valence-electron chi connectivity index (χ0n) is 8.67. The molecule has 1 aromatic carbocycles. The number of aromatic amines is 1. The summed E-state index contributed by atoms with van der Waals surface area (Å²) in [6.45, 7) is 2.05. The van der Waals surface area contributed by atoms with Crippen molar-refractivity contribution in [2.45, 2.75) is 13.5 Å². The van der Waals surface area contributed by atoms with Crippen LogP contribution in [-0.2, 0) is 6.54 Å². The Balaban J connectivity index is 2.82. The number of carboxylic acid groups (broad SMARTS) is 1. The molecule has 0 saturated heterocycles. The minimum absolute atomic E-state index is 0.138. The van der Waals surface area contributed by atoms with E-state index < -0.39 is 5.97 Å². The number of hydrogen-bond donors (Lipinski definition) is 3. The Labute approximate surface area is 97.0 Å². The third-order valence-electron chi connectivity index (χ3n) is 2.60. The van der Waals surface area contributed by atoms with Crippen molar-refractivity contribution in [2.75, 3.05) is 0 Å². The number of carboxylic acids is 1. The molecule has 4 nitrogen and oxygen atoms in total. The SMILES string of the molecule is Cc1cc2c(CN)c(C(=O)O)[nH]c2cc1Cl. The number of rotatable bonds is 2. The van der Waals surface area contributed by atoms with E-state index in [1.807, 2.05) is 13.0 Å². The minimum Gasteiger partial charge on any atom is -0.477 e. The highest BCUT2D eigenvalue weighted by molar-refractivity contribution is 6.32. The van der Waals surface area contributed by atoms with Gasteiger partial charge in [-0.15, -0.1) is 0 Å². The number of benzene rings is 1. The molecule has 5 heteroatoms. The summed E-state index contributed by atoms with van der Waals surface area (Å²) in [6.07, 6.45) is 0. The summed E-state index contributed by atoms with van der Waals surface area (Å²) in [5, 5.41) is 10.4. The number of nitrogens with two attached hydrogens (primary N) is 1. The Hall–Kier alpha value is -1.52. The van der Waals surface area contributed by atoms with Crippen LogP contribution >= 0.6 is 11.6 Å². The van der Waals surface area contributed by atoms with Gasteiger partial charge in [0.2, 0.25) is 0 Å². The molecule has 0 saturated carbocycles. The van der Waals surface area contributed by atoms with Crippen LogP contribution in [0.15, 0.2) is 12.1 Å². The lowest BCUT2D eigenvalue weighted by Gasteiger charge is -1.99. The van der Waals surface area contributed by atoms with Crippen LogP contribution in [0, 0.1) is 6.92 Å². The van der Waals surface area contributed by atoms with Gasteiger partial charge in [-0.1, -0.05) is 11.6 Å². The highest BCUT2D eigenvalue weighted by atomic mass is 35.5. The molecule has 0 spiro atoms. The Morgan fingerprint density at radius 1 is 1.56 bits per heavy atom. The lowest BCUT2D eigenvalue weighted by atomic mass is 10.1. The van der Waals surface area contributed by atoms with Gasteiger partial charge < -0.3 is 15.8 Å². The molecule has 0 radical (unpaired) electrons. The van der Waals surface area contributed by atoms with E-state index in [2.05, 4.69) is 4.98 Å². The first-order valence-electron chi connectivity index (χ1n) is 4.78. The van der Waals surface area contributed by atoms with Gasteiger partial charge in [0.05, 0.1) is 0 Å². The number of nitrogens with one attached hydrogen (secondary N) is 1. The van der Waals surface area contributed by atoms with Crippen molar-refractivity contribution in [1.82, 2.24) is 4.98 Å². The van der Waals surface area contributed by atoms with E-state index in [9.17, 15) is 4.79 Å². The fraction of sp³-hybridized carbons (Fsp3) is 0.182. The third-order valence-corrected chi connectivity index (χ3v) is 3.01. The molecule has 0 unspecified atom stereocenters. The van der Waals surface area contributed by atoms with E-state index in [-0.39, 0.29) is 12.2 Å². The second kappa shape index (κ2) is 3.81. The average molecular weight is 239 g/mol. The largest absolute Gasteiger partial charge is 0.477 e. The van der Waals surface area contributed by atoms with E-state index in [1.165, 1.54) is 0 Å². The molecule has 0 atom stereocenters. The van der Waals surface area contributed by atoms with Crippen molar-refractivity contribution in [1.29, 1.82) is 0 Å². The van der Waals surface area contributed by atoms with Crippen LogP contribution in [0.3, 0.4) is 0 Å². The Bertz CT molecular complexity index is 575. The van der Waals surface area contributed by atoms with Crippen molar-refractivity contribution in [2.24, 2.45) is 5.73 Å². The molecule has 4 N–H and O–H groups in total. The zero-order valence-corrected chi connectivity index (χ0v) is 9.43. The third kappa shape index (κ3) is 1.56. The maximum Gasteiger partial charge on any atom is 0.352 e. The smallest absolute Gasteiger partial charge is 0.352 e. The van der Waals surface area contributed by atoms with E-state index in [0.717, 1.165) is 10.9 Å². The molecule has 1 heterocycles. The molecule has 1 aromatic heterocycles. The molecule has 0 aliphatic heterocycles. The first-order chi connectivity index (χ1) is 7.54. The number of carbonyl (C=O) groups is 1. The predicted octanol–water partition coefficient (Wildman–Crippen LogP) is 2.29. The second-order valence-electron chi connectivity index (χ2n) is 3.63. The molecule has 2 rings (SSSR count). The fourth-order valence-electron chi connectivity index (χ4n) is 1.77. The Morgan fingerprint density at radius 2 is 2.25 bits per heavy atom. The van der Waals surface area contributed by atoms with E-state index >= 15 is 0 Å². The van der Waals surface area contributed by atoms with Gasteiger partial charge in [-0.25, -0.2) is 4.79 Å². The monoisotopic (exact) mass is 238 g/mol. The highest BCUT2D eigenvalue weighted by Gasteiger charge is 2.16. The molecule has 2 aromatic rings. The number of H-pyrrole nitrogens is 1. The summed E-state index contributed by atoms with van der Waals surface area (Å²) >= 11 is 5.97. The summed E-state index contributed by atoms with van der Waals surface area (Å²) in [4.78, 5) is 13.8. The zero-order chi connectivity index (χ0) is 11.9. The normalized spacial score (nSPS) is 10.9. The quantitative estimate of drug-likeness (QED) is 0.751. The molecule has 84 valence electrons. The standard InChI is InChI=1S/C11H11ClN2O2/c1-5-2-6-7(4-13)10(11(15)16)14-9(6)3-8(5)12/h2-3,14H,4,13H2,1H3,(H,15,16). The van der Waals surface area contributed by atoms with Crippen molar-refractivity contribution in [3.8, 4) is 0 Å². The number of aromatic carboxylic acids is 1. The molecular formula is C11H11ClN2O2. The van der Waals surface area contributed by atoms with Crippen molar-refractivity contribution in [3.05, 3.63) is 34.0 Å². The van der Waals surface area contributed by atoms with Crippen LogP contribution in [0.5, 0.6) is 0 Å². The number of hydrogen-bond acceptors (Lipinski definition) is 2. The second-order valence-corrected chi connectivity index (χ2v) is 4.04. The van der Waals surface area contributed by atoms with Gasteiger partial charge in [0.25, 0.3) is 0 Å². The first-order valence-corrected chi connectivity index (χ1v) is 5.16. The van der Waals surface area contributed by atoms with Crippen LogP contribution in [-0.4, -0.2) is 16.1 Å². The minimum atomic E-state index is -1.01. The number of halogens is 1. The van der Waals surface area contributed by atoms with Gasteiger partial charge >= 0.3 is 5.97 Å². The van der Waals surface area contributed by atoms with Gasteiger partial charge in [-0.05, 0) is 24.6 Å². The maximum atomic E-state index is 11.0. The molecule has 0 aliphatic carbocycles. The lowest BCUT2D eigenvalue weighted by molar-refractivity contribution is 0.0690. The highest BCUT2D eigenvalue weighted by Crippen LogP contribution is 2.27. The molecule has 0 fully saturated rings. The van der Waals surface area contributed by atoms with Gasteiger partial charge in [0.1, 0.15) is 5.69 Å². The Morgan fingerprint density at radius 3 is 2.81 bits per heavy atom. The fourth-order valence-corrected chi connectivity index (χ4v) is 1.94. The molecule has 16 heavy (non-hydrogen) atoms. The van der Waals surface area contributed by atoms with Crippen LogP contribution in [0.2, 0.25) is 5.02 Å². The topological polar surface area (TPSA) is 79.1 Å². The van der Waals surface area contributed by atoms with E-state index in [1.54, 1.807) is 6.07 Å².